The Kier molecular flexibility index (Phi) is 6.44. The molecular weight excluding hydrogens is 501 g/mol. The van der Waals surface area contributed by atoms with E-state index in [1.165, 1.54) is 29.0 Å². The number of aromatic nitrogens is 4. The van der Waals surface area contributed by atoms with Gasteiger partial charge in [-0.05, 0) is 68.6 Å². The number of halogens is 3. The van der Waals surface area contributed by atoms with Crippen LogP contribution in [0.15, 0.2) is 36.7 Å². The lowest BCUT2D eigenvalue weighted by atomic mass is 9.52. The summed E-state index contributed by atoms with van der Waals surface area (Å²) in [5.74, 6) is -0.715. The predicted octanol–water partition coefficient (Wildman–Crippen LogP) is 3.73. The second-order valence-electron chi connectivity index (χ2n) is 10.4. The molecule has 12 heteroatoms. The SMILES string of the molecule is CC(=O)C12CCC(CNC(=O)c3cc(C(=O)NCc4ccc(C(F)(F)F)cc4)nc4ncnn34)(CC1)CC2. The lowest BCUT2D eigenvalue weighted by Crippen LogP contribution is -2.49. The molecule has 6 rings (SSSR count). The van der Waals surface area contributed by atoms with E-state index in [2.05, 4.69) is 25.7 Å². The van der Waals surface area contributed by atoms with E-state index in [9.17, 15) is 27.6 Å². The fourth-order valence-corrected chi connectivity index (χ4v) is 5.59. The monoisotopic (exact) mass is 528 g/mol. The Hall–Kier alpha value is -3.83. The van der Waals surface area contributed by atoms with E-state index in [1.807, 2.05) is 0 Å². The number of fused-ring (bicyclic) bond motifs is 4. The summed E-state index contributed by atoms with van der Waals surface area (Å²) >= 11 is 0. The van der Waals surface area contributed by atoms with Crippen molar-refractivity contribution in [1.29, 1.82) is 0 Å². The third kappa shape index (κ3) is 4.86. The molecule has 3 saturated carbocycles. The van der Waals surface area contributed by atoms with Gasteiger partial charge in [-0.15, -0.1) is 0 Å². The first-order valence-electron chi connectivity index (χ1n) is 12.4. The normalized spacial score (nSPS) is 22.8. The van der Waals surface area contributed by atoms with Crippen LogP contribution in [0.1, 0.15) is 77.6 Å². The minimum Gasteiger partial charge on any atom is -0.350 e. The van der Waals surface area contributed by atoms with E-state index in [0.29, 0.717) is 12.1 Å². The van der Waals surface area contributed by atoms with Crippen LogP contribution in [0.3, 0.4) is 0 Å². The summed E-state index contributed by atoms with van der Waals surface area (Å²) in [5, 5.41) is 9.65. The van der Waals surface area contributed by atoms with Crippen LogP contribution in [0.2, 0.25) is 0 Å². The van der Waals surface area contributed by atoms with Crippen molar-refractivity contribution in [2.24, 2.45) is 10.8 Å². The van der Waals surface area contributed by atoms with Crippen molar-refractivity contribution >= 4 is 23.4 Å². The minimum absolute atomic E-state index is 0.0255. The summed E-state index contributed by atoms with van der Waals surface area (Å²) in [4.78, 5) is 46.3. The number of hydrogen-bond donors (Lipinski definition) is 2. The Morgan fingerprint density at radius 2 is 1.63 bits per heavy atom. The number of carbonyl (C=O) groups excluding carboxylic acids is 3. The molecule has 0 aliphatic heterocycles. The van der Waals surface area contributed by atoms with Gasteiger partial charge in [-0.25, -0.2) is 4.98 Å². The fourth-order valence-electron chi connectivity index (χ4n) is 5.59. The average molecular weight is 529 g/mol. The molecular formula is C26H27F3N6O3. The molecule has 200 valence electrons. The number of amides is 2. The van der Waals surface area contributed by atoms with Gasteiger partial charge in [-0.1, -0.05) is 12.1 Å². The highest BCUT2D eigenvalue weighted by Gasteiger charge is 2.50. The molecule has 0 spiro atoms. The van der Waals surface area contributed by atoms with Crippen molar-refractivity contribution in [2.75, 3.05) is 6.54 Å². The zero-order valence-electron chi connectivity index (χ0n) is 20.8. The lowest BCUT2D eigenvalue weighted by molar-refractivity contribution is -0.137. The number of alkyl halides is 3. The molecule has 0 radical (unpaired) electrons. The molecule has 2 bridgehead atoms. The second kappa shape index (κ2) is 9.48. The molecule has 3 aliphatic carbocycles. The van der Waals surface area contributed by atoms with Crippen LogP contribution < -0.4 is 10.6 Å². The summed E-state index contributed by atoms with van der Waals surface area (Å²) < 4.78 is 39.6. The Morgan fingerprint density at radius 1 is 0.974 bits per heavy atom. The molecule has 2 N–H and O–H groups in total. The van der Waals surface area contributed by atoms with Crippen molar-refractivity contribution in [3.05, 3.63) is 59.2 Å². The molecule has 9 nitrogen and oxygen atoms in total. The van der Waals surface area contributed by atoms with Gasteiger partial charge >= 0.3 is 6.18 Å². The smallest absolute Gasteiger partial charge is 0.350 e. The van der Waals surface area contributed by atoms with E-state index < -0.39 is 23.6 Å². The van der Waals surface area contributed by atoms with Crippen LogP contribution >= 0.6 is 0 Å². The largest absolute Gasteiger partial charge is 0.416 e. The Labute approximate surface area is 216 Å². The molecule has 2 amide bonds. The van der Waals surface area contributed by atoms with E-state index in [4.69, 9.17) is 0 Å². The van der Waals surface area contributed by atoms with Gasteiger partial charge in [0.15, 0.2) is 0 Å². The van der Waals surface area contributed by atoms with Gasteiger partial charge in [0.25, 0.3) is 17.6 Å². The minimum atomic E-state index is -4.44. The third-order valence-corrected chi connectivity index (χ3v) is 8.22. The number of nitrogens with one attached hydrogen (secondary N) is 2. The summed E-state index contributed by atoms with van der Waals surface area (Å²) in [7, 11) is 0. The van der Waals surface area contributed by atoms with E-state index in [1.54, 1.807) is 6.92 Å². The highest BCUT2D eigenvalue weighted by molar-refractivity contribution is 5.98. The number of ketones is 1. The standard InChI is InChI=1S/C26H27F3N6O3/c1-16(36)25-9-6-24(7-10-25,8-11-25)14-31-22(38)20-12-19(34-23-32-15-33-35(20)23)21(37)30-13-17-2-4-18(5-3-17)26(27,28)29/h2-5,12,15H,6-11,13-14H2,1H3,(H,30,37)(H,31,38). The van der Waals surface area contributed by atoms with Crippen molar-refractivity contribution < 1.29 is 27.6 Å². The summed E-state index contributed by atoms with van der Waals surface area (Å²) in [6.45, 7) is 2.10. The molecule has 0 unspecified atom stereocenters. The molecule has 0 atom stereocenters. The maximum Gasteiger partial charge on any atom is 0.416 e. The summed E-state index contributed by atoms with van der Waals surface area (Å²) in [6, 6.07) is 5.78. The van der Waals surface area contributed by atoms with Crippen LogP contribution in [0.5, 0.6) is 0 Å². The molecule has 1 aromatic carbocycles. The highest BCUT2D eigenvalue weighted by atomic mass is 19.4. The van der Waals surface area contributed by atoms with Gasteiger partial charge in [0.2, 0.25) is 0 Å². The maximum absolute atomic E-state index is 13.2. The average Bonchev–Trinajstić information content (AvgIpc) is 3.39. The zero-order valence-corrected chi connectivity index (χ0v) is 20.8. The van der Waals surface area contributed by atoms with Crippen LogP contribution in [0, 0.1) is 10.8 Å². The first-order valence-corrected chi connectivity index (χ1v) is 12.4. The van der Waals surface area contributed by atoms with Crippen LogP contribution in [-0.4, -0.2) is 43.7 Å². The van der Waals surface area contributed by atoms with Crippen molar-refractivity contribution in [3.8, 4) is 0 Å². The molecule has 3 aromatic rings. The van der Waals surface area contributed by atoms with Gasteiger partial charge in [-0.2, -0.15) is 27.8 Å². The number of rotatable bonds is 7. The Bertz CT molecular complexity index is 1370. The topological polar surface area (TPSA) is 118 Å². The number of benzene rings is 1. The summed E-state index contributed by atoms with van der Waals surface area (Å²) in [5.41, 5.74) is -0.534. The number of hydrogen-bond acceptors (Lipinski definition) is 6. The molecule has 3 aliphatic rings. The fraction of sp³-hybridized carbons (Fsp3) is 0.462. The molecule has 2 aromatic heterocycles. The Morgan fingerprint density at radius 3 is 2.24 bits per heavy atom. The molecule has 38 heavy (non-hydrogen) atoms. The summed E-state index contributed by atoms with van der Waals surface area (Å²) in [6.07, 6.45) is 1.92. The predicted molar refractivity (Wildman–Crippen MR) is 129 cm³/mol. The lowest BCUT2D eigenvalue weighted by Gasteiger charge is -2.52. The molecule has 3 fully saturated rings. The molecule has 0 saturated heterocycles. The van der Waals surface area contributed by atoms with Gasteiger partial charge < -0.3 is 10.6 Å². The molecule has 2 heterocycles. The number of carbonyl (C=O) groups is 3. The maximum atomic E-state index is 13.2. The highest BCUT2D eigenvalue weighted by Crippen LogP contribution is 2.56. The van der Waals surface area contributed by atoms with Crippen molar-refractivity contribution in [1.82, 2.24) is 30.2 Å². The second-order valence-corrected chi connectivity index (χ2v) is 10.4. The van der Waals surface area contributed by atoms with Gasteiger partial charge in [0, 0.05) is 24.6 Å². The van der Waals surface area contributed by atoms with Gasteiger partial charge in [-0.3, -0.25) is 14.4 Å². The van der Waals surface area contributed by atoms with Crippen LogP contribution in [-0.2, 0) is 17.5 Å². The van der Waals surface area contributed by atoms with E-state index in [0.717, 1.165) is 50.7 Å². The quantitative estimate of drug-likeness (QED) is 0.483. The number of nitrogens with zero attached hydrogens (tertiary/aromatic N) is 4. The van der Waals surface area contributed by atoms with Crippen molar-refractivity contribution in [2.45, 2.75) is 58.2 Å². The van der Waals surface area contributed by atoms with Gasteiger partial charge in [0.1, 0.15) is 23.5 Å². The van der Waals surface area contributed by atoms with E-state index >= 15 is 0 Å². The van der Waals surface area contributed by atoms with Crippen molar-refractivity contribution in [3.63, 3.8) is 0 Å². The zero-order chi connectivity index (χ0) is 27.1. The first kappa shape index (κ1) is 25.8. The first-order chi connectivity index (χ1) is 18.0. The Balaban J connectivity index is 1.26. The van der Waals surface area contributed by atoms with Crippen LogP contribution in [0.4, 0.5) is 13.2 Å². The van der Waals surface area contributed by atoms with Gasteiger partial charge in [0.05, 0.1) is 5.56 Å². The van der Waals surface area contributed by atoms with Crippen LogP contribution in [0.25, 0.3) is 5.78 Å². The number of Topliss-reactive ketones (excluding diaryl/α,β-unsaturated/α-hetero) is 1. The third-order valence-electron chi connectivity index (χ3n) is 8.22. The van der Waals surface area contributed by atoms with E-state index in [-0.39, 0.29) is 40.3 Å².